The topological polar surface area (TPSA) is 63.0 Å². The van der Waals surface area contributed by atoms with Gasteiger partial charge in [0.25, 0.3) is 0 Å². The average molecular weight is 305 g/mol. The number of fused-ring (bicyclic) bond motifs is 1. The molecule has 0 aliphatic rings. The Hall–Kier alpha value is -2.04. The van der Waals surface area contributed by atoms with E-state index in [1.54, 1.807) is 6.26 Å². The van der Waals surface area contributed by atoms with Crippen molar-refractivity contribution in [3.05, 3.63) is 58.9 Å². The molecule has 3 nitrogen and oxygen atoms in total. The third-order valence-corrected chi connectivity index (χ3v) is 3.96. The van der Waals surface area contributed by atoms with Gasteiger partial charge in [-0.1, -0.05) is 18.2 Å². The SMILES string of the molecule is Cl.N=C(N)c1cc2c(C=Cc3ccco3)cccc2s1. The van der Waals surface area contributed by atoms with E-state index in [9.17, 15) is 0 Å². The van der Waals surface area contributed by atoms with E-state index in [0.29, 0.717) is 0 Å². The van der Waals surface area contributed by atoms with Crippen molar-refractivity contribution in [2.75, 3.05) is 0 Å². The first kappa shape index (κ1) is 14.4. The molecule has 0 saturated heterocycles. The van der Waals surface area contributed by atoms with Crippen molar-refractivity contribution < 1.29 is 4.42 Å². The van der Waals surface area contributed by atoms with Crippen molar-refractivity contribution in [1.29, 1.82) is 5.41 Å². The number of furan rings is 1. The summed E-state index contributed by atoms with van der Waals surface area (Å²) in [6.45, 7) is 0. The number of halogens is 1. The summed E-state index contributed by atoms with van der Waals surface area (Å²) in [5.74, 6) is 0.932. The number of thiophene rings is 1. The maximum Gasteiger partial charge on any atom is 0.133 e. The highest BCUT2D eigenvalue weighted by atomic mass is 35.5. The number of nitrogens with two attached hydrogens (primary N) is 1. The van der Waals surface area contributed by atoms with E-state index in [0.717, 1.165) is 26.3 Å². The molecule has 0 aliphatic heterocycles. The van der Waals surface area contributed by atoms with Crippen LogP contribution in [-0.2, 0) is 0 Å². The van der Waals surface area contributed by atoms with Crippen molar-refractivity contribution in [3.63, 3.8) is 0 Å². The van der Waals surface area contributed by atoms with Crippen molar-refractivity contribution in [3.8, 4) is 0 Å². The van der Waals surface area contributed by atoms with Crippen molar-refractivity contribution in [2.24, 2.45) is 5.73 Å². The standard InChI is InChI=1S/C15H12N2OS.ClH/c16-15(17)14-9-12-10(3-1-5-13(12)19-14)6-7-11-4-2-8-18-11;/h1-9H,(H3,16,17);1H. The van der Waals surface area contributed by atoms with Gasteiger partial charge in [-0.3, -0.25) is 5.41 Å². The van der Waals surface area contributed by atoms with Crippen LogP contribution >= 0.6 is 23.7 Å². The van der Waals surface area contributed by atoms with Crippen LogP contribution in [0.1, 0.15) is 16.2 Å². The molecule has 0 fully saturated rings. The van der Waals surface area contributed by atoms with Crippen molar-refractivity contribution >= 4 is 51.8 Å². The highest BCUT2D eigenvalue weighted by Gasteiger charge is 2.06. The summed E-state index contributed by atoms with van der Waals surface area (Å²) in [5.41, 5.74) is 6.63. The second-order valence-corrected chi connectivity index (χ2v) is 5.22. The Kier molecular flexibility index (Phi) is 4.27. The van der Waals surface area contributed by atoms with Crippen LogP contribution in [0.5, 0.6) is 0 Å². The lowest BCUT2D eigenvalue weighted by atomic mass is 10.1. The minimum Gasteiger partial charge on any atom is -0.465 e. The van der Waals surface area contributed by atoms with Crippen LogP contribution in [0.15, 0.2) is 47.1 Å². The predicted molar refractivity (Wildman–Crippen MR) is 87.7 cm³/mol. The predicted octanol–water partition coefficient (Wildman–Crippen LogP) is 4.37. The molecule has 0 spiro atoms. The Morgan fingerprint density at radius 2 is 2.05 bits per heavy atom. The Morgan fingerprint density at radius 1 is 1.20 bits per heavy atom. The van der Waals surface area contributed by atoms with Gasteiger partial charge >= 0.3 is 0 Å². The minimum atomic E-state index is 0. The number of nitrogens with one attached hydrogen (secondary N) is 1. The molecule has 0 unspecified atom stereocenters. The van der Waals surface area contributed by atoms with Crippen molar-refractivity contribution in [2.45, 2.75) is 0 Å². The Bertz CT molecular complexity index is 759. The van der Waals surface area contributed by atoms with Gasteiger partial charge in [-0.25, -0.2) is 0 Å². The summed E-state index contributed by atoms with van der Waals surface area (Å²) in [5, 5.41) is 8.62. The number of hydrogen-bond acceptors (Lipinski definition) is 3. The molecular weight excluding hydrogens is 292 g/mol. The van der Waals surface area contributed by atoms with Gasteiger partial charge in [0.1, 0.15) is 11.6 Å². The normalized spacial score (nSPS) is 10.8. The minimum absolute atomic E-state index is 0. The van der Waals surface area contributed by atoms with Gasteiger partial charge < -0.3 is 10.2 Å². The summed E-state index contributed by atoms with van der Waals surface area (Å²) in [4.78, 5) is 0.800. The zero-order valence-corrected chi connectivity index (χ0v) is 12.1. The van der Waals surface area contributed by atoms with Crippen LogP contribution in [0.4, 0.5) is 0 Å². The van der Waals surface area contributed by atoms with E-state index >= 15 is 0 Å². The molecule has 0 amide bonds. The largest absolute Gasteiger partial charge is 0.465 e. The zero-order valence-electron chi connectivity index (χ0n) is 10.5. The molecule has 0 aliphatic carbocycles. The molecule has 20 heavy (non-hydrogen) atoms. The first-order valence-electron chi connectivity index (χ1n) is 5.82. The van der Waals surface area contributed by atoms with E-state index in [4.69, 9.17) is 15.6 Å². The first-order chi connectivity index (χ1) is 9.24. The third kappa shape index (κ3) is 2.76. The number of hydrogen-bond donors (Lipinski definition) is 2. The lowest BCUT2D eigenvalue weighted by molar-refractivity contribution is 0.557. The second-order valence-electron chi connectivity index (χ2n) is 4.13. The molecule has 2 heterocycles. The number of rotatable bonds is 3. The maximum absolute atomic E-state index is 7.51. The van der Waals surface area contributed by atoms with Crippen LogP contribution in [0, 0.1) is 5.41 Å². The third-order valence-electron chi connectivity index (χ3n) is 2.83. The lowest BCUT2D eigenvalue weighted by Gasteiger charge is -1.95. The van der Waals surface area contributed by atoms with Gasteiger partial charge in [0.15, 0.2) is 0 Å². The van der Waals surface area contributed by atoms with Crippen LogP contribution < -0.4 is 5.73 Å². The quantitative estimate of drug-likeness (QED) is 0.557. The zero-order chi connectivity index (χ0) is 13.2. The van der Waals surface area contributed by atoms with Crippen LogP contribution in [0.25, 0.3) is 22.2 Å². The average Bonchev–Trinajstić information content (AvgIpc) is 3.05. The van der Waals surface area contributed by atoms with E-state index < -0.39 is 0 Å². The van der Waals surface area contributed by atoms with E-state index in [2.05, 4.69) is 0 Å². The Labute approximate surface area is 126 Å². The van der Waals surface area contributed by atoms with Crippen LogP contribution in [-0.4, -0.2) is 5.84 Å². The fourth-order valence-electron chi connectivity index (χ4n) is 1.92. The molecular formula is C15H13ClN2OS. The molecule has 3 rings (SSSR count). The molecule has 1 aromatic carbocycles. The lowest BCUT2D eigenvalue weighted by Crippen LogP contribution is -2.08. The van der Waals surface area contributed by atoms with Crippen LogP contribution in [0.2, 0.25) is 0 Å². The summed E-state index contributed by atoms with van der Waals surface area (Å²) in [7, 11) is 0. The Balaban J connectivity index is 0.00000147. The summed E-state index contributed by atoms with van der Waals surface area (Å²) >= 11 is 1.54. The number of amidine groups is 1. The van der Waals surface area contributed by atoms with E-state index in [1.807, 2.05) is 48.6 Å². The molecule has 3 N–H and O–H groups in total. The molecule has 0 atom stereocenters. The fourth-order valence-corrected chi connectivity index (χ4v) is 2.88. The molecule has 0 radical (unpaired) electrons. The van der Waals surface area contributed by atoms with Gasteiger partial charge in [0.2, 0.25) is 0 Å². The maximum atomic E-state index is 7.51. The smallest absolute Gasteiger partial charge is 0.133 e. The highest BCUT2D eigenvalue weighted by Crippen LogP contribution is 2.29. The van der Waals surface area contributed by atoms with Crippen molar-refractivity contribution in [1.82, 2.24) is 0 Å². The molecule has 2 aromatic heterocycles. The van der Waals surface area contributed by atoms with Gasteiger partial charge in [0, 0.05) is 10.1 Å². The van der Waals surface area contributed by atoms with Gasteiger partial charge in [-0.05, 0) is 35.9 Å². The summed E-state index contributed by atoms with van der Waals surface area (Å²) < 4.78 is 6.40. The molecule has 3 aromatic rings. The fraction of sp³-hybridized carbons (Fsp3) is 0. The number of nitrogen functional groups attached to an aromatic ring is 1. The van der Waals surface area contributed by atoms with Crippen LogP contribution in [0.3, 0.4) is 0 Å². The Morgan fingerprint density at radius 3 is 2.75 bits per heavy atom. The summed E-state index contributed by atoms with van der Waals surface area (Å²) in [6.07, 6.45) is 5.59. The molecule has 5 heteroatoms. The first-order valence-corrected chi connectivity index (χ1v) is 6.64. The van der Waals surface area contributed by atoms with Gasteiger partial charge in [-0.2, -0.15) is 0 Å². The molecule has 0 bridgehead atoms. The van der Waals surface area contributed by atoms with Gasteiger partial charge in [0.05, 0.1) is 11.1 Å². The second kappa shape index (κ2) is 5.94. The monoisotopic (exact) mass is 304 g/mol. The van der Waals surface area contributed by atoms with Gasteiger partial charge in [-0.15, -0.1) is 23.7 Å². The van der Waals surface area contributed by atoms with E-state index in [-0.39, 0.29) is 18.2 Å². The van der Waals surface area contributed by atoms with E-state index in [1.165, 1.54) is 11.3 Å². The summed E-state index contributed by atoms with van der Waals surface area (Å²) in [6, 6.07) is 11.8. The highest BCUT2D eigenvalue weighted by molar-refractivity contribution is 7.20. The molecule has 102 valence electrons. The molecule has 0 saturated carbocycles. The number of benzene rings is 1.